The molecule has 0 bridgehead atoms. The zero-order valence-electron chi connectivity index (χ0n) is 7.06. The van der Waals surface area contributed by atoms with E-state index in [0.717, 1.165) is 12.0 Å². The van der Waals surface area contributed by atoms with Crippen molar-refractivity contribution in [1.29, 1.82) is 0 Å². The number of rotatable bonds is 5. The van der Waals surface area contributed by atoms with Crippen LogP contribution in [0.4, 0.5) is 0 Å². The van der Waals surface area contributed by atoms with Gasteiger partial charge in [0.25, 0.3) is 0 Å². The lowest BCUT2D eigenvalue weighted by atomic mass is 9.97. The van der Waals surface area contributed by atoms with E-state index in [2.05, 4.69) is 13.5 Å². The fourth-order valence-electron chi connectivity index (χ4n) is 0.944. The average Bonchev–Trinajstić information content (AvgIpc) is 1.89. The van der Waals surface area contributed by atoms with Crippen molar-refractivity contribution >= 4 is 0 Å². The molecule has 0 aromatic rings. The van der Waals surface area contributed by atoms with Gasteiger partial charge in [-0.05, 0) is 13.3 Å². The van der Waals surface area contributed by atoms with Gasteiger partial charge in [0.1, 0.15) is 0 Å². The third kappa shape index (κ3) is 3.67. The van der Waals surface area contributed by atoms with Crippen LogP contribution in [0.3, 0.4) is 0 Å². The predicted molar refractivity (Wildman–Crippen MR) is 44.9 cm³/mol. The molecule has 1 atom stereocenters. The zero-order valence-corrected chi connectivity index (χ0v) is 7.06. The van der Waals surface area contributed by atoms with Gasteiger partial charge >= 0.3 is 0 Å². The summed E-state index contributed by atoms with van der Waals surface area (Å²) in [5.41, 5.74) is 1.11. The van der Waals surface area contributed by atoms with E-state index in [1.54, 1.807) is 0 Å². The Kier molecular flexibility index (Phi) is 5.32. The molecule has 60 valence electrons. The molecule has 0 fully saturated rings. The monoisotopic (exact) mass is 142 g/mol. The Balaban J connectivity index is 3.50. The lowest BCUT2D eigenvalue weighted by Crippen LogP contribution is -2.06. The molecule has 0 radical (unpaired) electrons. The van der Waals surface area contributed by atoms with Gasteiger partial charge in [-0.15, -0.1) is 0 Å². The summed E-state index contributed by atoms with van der Waals surface area (Å²) in [4.78, 5) is 0. The van der Waals surface area contributed by atoms with Gasteiger partial charge in [-0.2, -0.15) is 0 Å². The molecule has 1 unspecified atom stereocenters. The molecule has 0 saturated heterocycles. The molecular weight excluding hydrogens is 124 g/mol. The van der Waals surface area contributed by atoms with E-state index in [1.807, 2.05) is 6.92 Å². The second kappa shape index (κ2) is 5.48. The minimum absolute atomic E-state index is 0.259. The van der Waals surface area contributed by atoms with Gasteiger partial charge in [-0.3, -0.25) is 0 Å². The van der Waals surface area contributed by atoms with Crippen LogP contribution in [0.1, 0.15) is 33.1 Å². The fraction of sp³-hybridized carbons (Fsp3) is 0.778. The van der Waals surface area contributed by atoms with Gasteiger partial charge in [0.15, 0.2) is 0 Å². The topological polar surface area (TPSA) is 20.2 Å². The van der Waals surface area contributed by atoms with Crippen molar-refractivity contribution in [3.05, 3.63) is 12.2 Å². The van der Waals surface area contributed by atoms with Crippen LogP contribution in [-0.2, 0) is 0 Å². The highest BCUT2D eigenvalue weighted by molar-refractivity contribution is 4.95. The largest absolute Gasteiger partial charge is 0.396 e. The van der Waals surface area contributed by atoms with Crippen LogP contribution < -0.4 is 0 Å². The fourth-order valence-corrected chi connectivity index (χ4v) is 0.944. The van der Waals surface area contributed by atoms with E-state index < -0.39 is 0 Å². The highest BCUT2D eigenvalue weighted by atomic mass is 16.3. The first-order chi connectivity index (χ1) is 4.72. The molecule has 0 heterocycles. The molecule has 0 rings (SSSR count). The standard InChI is InChI=1S/C9H18O/c1-4-5-6-9(7-10)8(2)3/h9-10H,2,4-7H2,1,3H3. The molecule has 0 aromatic carbocycles. The van der Waals surface area contributed by atoms with Crippen molar-refractivity contribution in [3.8, 4) is 0 Å². The van der Waals surface area contributed by atoms with Crippen LogP contribution in [0.2, 0.25) is 0 Å². The zero-order chi connectivity index (χ0) is 7.98. The lowest BCUT2D eigenvalue weighted by Gasteiger charge is -2.12. The molecule has 1 nitrogen and oxygen atoms in total. The Morgan fingerprint density at radius 1 is 1.60 bits per heavy atom. The lowest BCUT2D eigenvalue weighted by molar-refractivity contribution is 0.237. The van der Waals surface area contributed by atoms with E-state index >= 15 is 0 Å². The van der Waals surface area contributed by atoms with E-state index in [9.17, 15) is 0 Å². The van der Waals surface area contributed by atoms with Crippen LogP contribution in [0.25, 0.3) is 0 Å². The SMILES string of the molecule is C=C(C)C(CO)CCCC. The van der Waals surface area contributed by atoms with Crippen LogP contribution in [0.5, 0.6) is 0 Å². The predicted octanol–water partition coefficient (Wildman–Crippen LogP) is 2.36. The molecule has 1 heteroatoms. The number of aliphatic hydroxyl groups excluding tert-OH is 1. The second-order valence-corrected chi connectivity index (χ2v) is 2.87. The van der Waals surface area contributed by atoms with Gasteiger partial charge in [-0.1, -0.05) is 31.9 Å². The van der Waals surface area contributed by atoms with E-state index in [4.69, 9.17) is 5.11 Å². The molecule has 0 amide bonds. The number of hydrogen-bond donors (Lipinski definition) is 1. The van der Waals surface area contributed by atoms with Crippen LogP contribution in [0, 0.1) is 5.92 Å². The molecule has 0 aliphatic heterocycles. The smallest absolute Gasteiger partial charge is 0.0496 e. The Morgan fingerprint density at radius 3 is 2.50 bits per heavy atom. The Morgan fingerprint density at radius 2 is 2.20 bits per heavy atom. The van der Waals surface area contributed by atoms with E-state index in [-0.39, 0.29) is 6.61 Å². The summed E-state index contributed by atoms with van der Waals surface area (Å²) < 4.78 is 0. The third-order valence-corrected chi connectivity index (χ3v) is 1.82. The van der Waals surface area contributed by atoms with Gasteiger partial charge in [0.2, 0.25) is 0 Å². The van der Waals surface area contributed by atoms with E-state index in [0.29, 0.717) is 5.92 Å². The van der Waals surface area contributed by atoms with Crippen LogP contribution >= 0.6 is 0 Å². The minimum atomic E-state index is 0.259. The number of aliphatic hydroxyl groups is 1. The van der Waals surface area contributed by atoms with Gasteiger partial charge in [0, 0.05) is 12.5 Å². The van der Waals surface area contributed by atoms with Crippen molar-refractivity contribution in [2.24, 2.45) is 5.92 Å². The Labute approximate surface area is 63.8 Å². The Bertz CT molecular complexity index is 96.9. The highest BCUT2D eigenvalue weighted by Gasteiger charge is 2.05. The molecular formula is C9H18O. The van der Waals surface area contributed by atoms with E-state index in [1.165, 1.54) is 12.8 Å². The molecule has 10 heavy (non-hydrogen) atoms. The first-order valence-corrected chi connectivity index (χ1v) is 3.98. The maximum atomic E-state index is 8.86. The molecule has 1 N–H and O–H groups in total. The van der Waals surface area contributed by atoms with Crippen LogP contribution in [0.15, 0.2) is 12.2 Å². The summed E-state index contributed by atoms with van der Waals surface area (Å²) in [6.07, 6.45) is 3.48. The maximum Gasteiger partial charge on any atom is 0.0496 e. The molecule has 0 aromatic heterocycles. The maximum absolute atomic E-state index is 8.86. The average molecular weight is 142 g/mol. The number of unbranched alkanes of at least 4 members (excludes halogenated alkanes) is 1. The minimum Gasteiger partial charge on any atom is -0.396 e. The van der Waals surface area contributed by atoms with Crippen molar-refractivity contribution < 1.29 is 5.11 Å². The number of hydrogen-bond acceptors (Lipinski definition) is 1. The quantitative estimate of drug-likeness (QED) is 0.584. The summed E-state index contributed by atoms with van der Waals surface area (Å²) in [5.74, 6) is 0.333. The van der Waals surface area contributed by atoms with Crippen molar-refractivity contribution in [3.63, 3.8) is 0 Å². The first kappa shape index (κ1) is 9.70. The Hall–Kier alpha value is -0.300. The highest BCUT2D eigenvalue weighted by Crippen LogP contribution is 2.14. The molecule has 0 saturated carbocycles. The van der Waals surface area contributed by atoms with Gasteiger partial charge in [-0.25, -0.2) is 0 Å². The van der Waals surface area contributed by atoms with Gasteiger partial charge < -0.3 is 5.11 Å². The van der Waals surface area contributed by atoms with Gasteiger partial charge in [0.05, 0.1) is 0 Å². The van der Waals surface area contributed by atoms with Crippen LogP contribution in [-0.4, -0.2) is 11.7 Å². The summed E-state index contributed by atoms with van der Waals surface area (Å²) >= 11 is 0. The molecule has 0 aliphatic carbocycles. The first-order valence-electron chi connectivity index (χ1n) is 3.98. The van der Waals surface area contributed by atoms with Crippen molar-refractivity contribution in [1.82, 2.24) is 0 Å². The van der Waals surface area contributed by atoms with Crippen molar-refractivity contribution in [2.75, 3.05) is 6.61 Å². The molecule has 0 aliphatic rings. The normalized spacial score (nSPS) is 13.1. The third-order valence-electron chi connectivity index (χ3n) is 1.82. The second-order valence-electron chi connectivity index (χ2n) is 2.87. The summed E-state index contributed by atoms with van der Waals surface area (Å²) in [5, 5.41) is 8.86. The summed E-state index contributed by atoms with van der Waals surface area (Å²) in [7, 11) is 0. The summed E-state index contributed by atoms with van der Waals surface area (Å²) in [6, 6.07) is 0. The summed E-state index contributed by atoms with van der Waals surface area (Å²) in [6.45, 7) is 8.22. The molecule has 0 spiro atoms. The van der Waals surface area contributed by atoms with Crippen molar-refractivity contribution in [2.45, 2.75) is 33.1 Å².